The van der Waals surface area contributed by atoms with Crippen molar-refractivity contribution in [1.82, 2.24) is 15.5 Å². The number of likely N-dealkylation sites (tertiary alicyclic amines) is 1. The van der Waals surface area contributed by atoms with Crippen LogP contribution in [-0.4, -0.2) is 56.8 Å². The van der Waals surface area contributed by atoms with Crippen LogP contribution >= 0.6 is 24.0 Å². The molecule has 1 heterocycles. The van der Waals surface area contributed by atoms with Crippen LogP contribution in [-0.2, 0) is 6.54 Å². The van der Waals surface area contributed by atoms with Crippen LogP contribution in [0.4, 0.5) is 0 Å². The van der Waals surface area contributed by atoms with Gasteiger partial charge in [-0.3, -0.25) is 0 Å². The van der Waals surface area contributed by atoms with Crippen molar-refractivity contribution in [2.24, 2.45) is 4.99 Å². The Kier molecular flexibility index (Phi) is 10.3. The average molecular weight is 516 g/mol. The molecule has 7 heteroatoms. The second kappa shape index (κ2) is 12.5. The molecule has 0 spiro atoms. The highest BCUT2D eigenvalue weighted by molar-refractivity contribution is 14.0. The molecule has 1 aromatic carbocycles. The third kappa shape index (κ3) is 6.91. The summed E-state index contributed by atoms with van der Waals surface area (Å²) in [6.07, 6.45) is 7.57. The van der Waals surface area contributed by atoms with Crippen LogP contribution in [0.1, 0.15) is 51.0 Å². The summed E-state index contributed by atoms with van der Waals surface area (Å²) in [5.41, 5.74) is 1.07. The van der Waals surface area contributed by atoms with E-state index in [1.165, 1.54) is 32.2 Å². The number of halogens is 1. The zero-order chi connectivity index (χ0) is 19.8. The van der Waals surface area contributed by atoms with Crippen molar-refractivity contribution in [3.63, 3.8) is 0 Å². The summed E-state index contributed by atoms with van der Waals surface area (Å²) in [6.45, 7) is 5.61. The van der Waals surface area contributed by atoms with E-state index in [-0.39, 0.29) is 24.0 Å². The van der Waals surface area contributed by atoms with E-state index in [0.29, 0.717) is 18.7 Å². The highest BCUT2D eigenvalue weighted by Gasteiger charge is 2.22. The standard InChI is InChI=1S/C22H36N4O2.HI/c1-4-23-22(25-16-18-10-8-14-26(18)2)24-15-17-9-7-13-20(27-3)21(17)28-19-11-5-6-12-19;/h7,9,13,18-19H,4-6,8,10-12,14-16H2,1-3H3,(H2,23,24,25);1H. The lowest BCUT2D eigenvalue weighted by Gasteiger charge is -2.21. The van der Waals surface area contributed by atoms with Crippen LogP contribution in [0, 0.1) is 0 Å². The van der Waals surface area contributed by atoms with E-state index < -0.39 is 0 Å². The number of para-hydroxylation sites is 1. The van der Waals surface area contributed by atoms with Gasteiger partial charge in [-0.05, 0) is 65.1 Å². The lowest BCUT2D eigenvalue weighted by atomic mass is 10.1. The number of aliphatic imine (C=N–C) groups is 1. The minimum Gasteiger partial charge on any atom is -0.493 e. The number of guanidine groups is 1. The van der Waals surface area contributed by atoms with Gasteiger partial charge in [0, 0.05) is 24.7 Å². The van der Waals surface area contributed by atoms with E-state index in [1.807, 2.05) is 12.1 Å². The van der Waals surface area contributed by atoms with Crippen LogP contribution in [0.15, 0.2) is 23.2 Å². The molecule has 2 fully saturated rings. The van der Waals surface area contributed by atoms with Crippen molar-refractivity contribution in [2.75, 3.05) is 33.8 Å². The number of ether oxygens (including phenoxy) is 2. The van der Waals surface area contributed by atoms with Gasteiger partial charge in [-0.2, -0.15) is 0 Å². The number of nitrogens with one attached hydrogen (secondary N) is 2. The molecule has 1 aromatic rings. The smallest absolute Gasteiger partial charge is 0.191 e. The predicted octanol–water partition coefficient (Wildman–Crippen LogP) is 3.78. The quantitative estimate of drug-likeness (QED) is 0.313. The molecular formula is C22H37IN4O2. The van der Waals surface area contributed by atoms with Crippen molar-refractivity contribution in [3.8, 4) is 11.5 Å². The van der Waals surface area contributed by atoms with Crippen molar-refractivity contribution in [3.05, 3.63) is 23.8 Å². The molecule has 29 heavy (non-hydrogen) atoms. The Morgan fingerprint density at radius 1 is 1.17 bits per heavy atom. The number of likely N-dealkylation sites (N-methyl/N-ethyl adjacent to an activating group) is 1. The minimum absolute atomic E-state index is 0. The molecule has 0 bridgehead atoms. The number of hydrogen-bond donors (Lipinski definition) is 2. The van der Waals surface area contributed by atoms with Crippen LogP contribution in [0.5, 0.6) is 11.5 Å². The molecule has 164 valence electrons. The van der Waals surface area contributed by atoms with Gasteiger partial charge in [-0.1, -0.05) is 12.1 Å². The summed E-state index contributed by atoms with van der Waals surface area (Å²) in [5, 5.41) is 6.87. The zero-order valence-corrected chi connectivity index (χ0v) is 20.4. The maximum Gasteiger partial charge on any atom is 0.191 e. The number of methoxy groups -OCH3 is 1. The van der Waals surface area contributed by atoms with Gasteiger partial charge >= 0.3 is 0 Å². The summed E-state index contributed by atoms with van der Waals surface area (Å²) < 4.78 is 11.9. The fourth-order valence-corrected chi connectivity index (χ4v) is 4.11. The first-order valence-corrected chi connectivity index (χ1v) is 10.8. The zero-order valence-electron chi connectivity index (χ0n) is 18.1. The molecule has 1 saturated carbocycles. The van der Waals surface area contributed by atoms with Crippen molar-refractivity contribution < 1.29 is 9.47 Å². The molecule has 0 amide bonds. The van der Waals surface area contributed by atoms with Crippen LogP contribution in [0.25, 0.3) is 0 Å². The monoisotopic (exact) mass is 516 g/mol. The second-order valence-electron chi connectivity index (χ2n) is 7.83. The Balaban J connectivity index is 0.00000300. The number of hydrogen-bond acceptors (Lipinski definition) is 4. The minimum atomic E-state index is 0. The summed E-state index contributed by atoms with van der Waals surface area (Å²) in [6, 6.07) is 6.66. The van der Waals surface area contributed by atoms with E-state index in [2.05, 4.69) is 35.6 Å². The van der Waals surface area contributed by atoms with Gasteiger partial charge in [0.15, 0.2) is 17.5 Å². The first kappa shape index (κ1) is 24.1. The number of rotatable bonds is 8. The molecule has 2 aliphatic rings. The third-order valence-corrected chi connectivity index (χ3v) is 5.80. The van der Waals surface area contributed by atoms with Gasteiger partial charge in [-0.15, -0.1) is 24.0 Å². The van der Waals surface area contributed by atoms with Gasteiger partial charge < -0.3 is 25.0 Å². The molecular weight excluding hydrogens is 479 g/mol. The van der Waals surface area contributed by atoms with Crippen molar-refractivity contribution in [2.45, 2.75) is 64.1 Å². The first-order chi connectivity index (χ1) is 13.7. The lowest BCUT2D eigenvalue weighted by Crippen LogP contribution is -2.44. The summed E-state index contributed by atoms with van der Waals surface area (Å²) in [5.74, 6) is 2.51. The fourth-order valence-electron chi connectivity index (χ4n) is 4.11. The Morgan fingerprint density at radius 3 is 2.62 bits per heavy atom. The van der Waals surface area contributed by atoms with Crippen molar-refractivity contribution in [1.29, 1.82) is 0 Å². The van der Waals surface area contributed by atoms with E-state index in [1.54, 1.807) is 7.11 Å². The molecule has 1 aliphatic carbocycles. The van der Waals surface area contributed by atoms with Gasteiger partial charge in [-0.25, -0.2) is 4.99 Å². The summed E-state index contributed by atoms with van der Waals surface area (Å²) in [7, 11) is 3.90. The molecule has 1 unspecified atom stereocenters. The summed E-state index contributed by atoms with van der Waals surface area (Å²) >= 11 is 0. The molecule has 3 rings (SSSR count). The molecule has 1 aliphatic heterocycles. The van der Waals surface area contributed by atoms with E-state index in [0.717, 1.165) is 49.0 Å². The molecule has 0 radical (unpaired) electrons. The van der Waals surface area contributed by atoms with Crippen LogP contribution < -0.4 is 20.1 Å². The highest BCUT2D eigenvalue weighted by atomic mass is 127. The lowest BCUT2D eigenvalue weighted by molar-refractivity contribution is 0.198. The highest BCUT2D eigenvalue weighted by Crippen LogP contribution is 2.35. The van der Waals surface area contributed by atoms with Gasteiger partial charge in [0.05, 0.1) is 19.8 Å². The molecule has 6 nitrogen and oxygen atoms in total. The van der Waals surface area contributed by atoms with Crippen LogP contribution in [0.2, 0.25) is 0 Å². The first-order valence-electron chi connectivity index (χ1n) is 10.8. The summed E-state index contributed by atoms with van der Waals surface area (Å²) in [4.78, 5) is 7.24. The molecule has 1 saturated heterocycles. The number of benzene rings is 1. The number of nitrogens with zero attached hydrogens (tertiary/aromatic N) is 2. The van der Waals surface area contributed by atoms with Crippen LogP contribution in [0.3, 0.4) is 0 Å². The topological polar surface area (TPSA) is 58.1 Å². The maximum atomic E-state index is 6.33. The molecule has 2 N–H and O–H groups in total. The van der Waals surface area contributed by atoms with E-state index in [9.17, 15) is 0 Å². The Hall–Kier alpha value is -1.22. The van der Waals surface area contributed by atoms with Gasteiger partial charge in [0.25, 0.3) is 0 Å². The largest absolute Gasteiger partial charge is 0.493 e. The van der Waals surface area contributed by atoms with E-state index in [4.69, 9.17) is 14.5 Å². The second-order valence-corrected chi connectivity index (χ2v) is 7.83. The third-order valence-electron chi connectivity index (χ3n) is 5.80. The fraction of sp³-hybridized carbons (Fsp3) is 0.682. The van der Waals surface area contributed by atoms with Gasteiger partial charge in [0.1, 0.15) is 0 Å². The maximum absolute atomic E-state index is 6.33. The average Bonchev–Trinajstić information content (AvgIpc) is 3.36. The molecule has 1 atom stereocenters. The Morgan fingerprint density at radius 2 is 1.97 bits per heavy atom. The van der Waals surface area contributed by atoms with Gasteiger partial charge in [0.2, 0.25) is 0 Å². The normalized spacial score (nSPS) is 20.4. The van der Waals surface area contributed by atoms with E-state index >= 15 is 0 Å². The Labute approximate surface area is 192 Å². The predicted molar refractivity (Wildman–Crippen MR) is 130 cm³/mol. The SMILES string of the molecule is CCNC(=NCc1cccc(OC)c1OC1CCCC1)NCC1CCCN1C.I. The molecule has 0 aromatic heterocycles. The van der Waals surface area contributed by atoms with Crippen molar-refractivity contribution >= 4 is 29.9 Å². The Bertz CT molecular complexity index is 650.